The molecule has 1 N–H and O–H groups in total. The van der Waals surface area contributed by atoms with Gasteiger partial charge in [0.2, 0.25) is 0 Å². The number of nitrogens with one attached hydrogen (secondary N) is 1. The van der Waals surface area contributed by atoms with Gasteiger partial charge in [0.25, 0.3) is 0 Å². The Balaban J connectivity index is 2.05. The molecular formula is C14H17F2N3. The summed E-state index contributed by atoms with van der Waals surface area (Å²) in [4.78, 5) is 4.23. The third-order valence-corrected chi connectivity index (χ3v) is 3.13. The molecule has 5 heteroatoms. The fraction of sp³-hybridized carbons (Fsp3) is 0.357. The minimum Gasteiger partial charge on any atom is -0.334 e. The Bertz CT molecular complexity index is 551. The maximum Gasteiger partial charge on any atom is 0.128 e. The van der Waals surface area contributed by atoms with Crippen molar-refractivity contribution in [1.29, 1.82) is 0 Å². The first-order chi connectivity index (χ1) is 9.11. The summed E-state index contributed by atoms with van der Waals surface area (Å²) in [6.45, 7) is 5.18. The highest BCUT2D eigenvalue weighted by molar-refractivity contribution is 5.21. The van der Waals surface area contributed by atoms with Gasteiger partial charge in [0.1, 0.15) is 17.5 Å². The zero-order valence-electron chi connectivity index (χ0n) is 11.0. The van der Waals surface area contributed by atoms with E-state index in [-0.39, 0.29) is 6.04 Å². The van der Waals surface area contributed by atoms with Gasteiger partial charge < -0.3 is 9.88 Å². The van der Waals surface area contributed by atoms with Crippen molar-refractivity contribution in [3.8, 4) is 0 Å². The van der Waals surface area contributed by atoms with Crippen LogP contribution in [-0.2, 0) is 13.1 Å². The second kappa shape index (κ2) is 5.93. The quantitative estimate of drug-likeness (QED) is 0.900. The summed E-state index contributed by atoms with van der Waals surface area (Å²) < 4.78 is 28.7. The molecule has 0 saturated heterocycles. The van der Waals surface area contributed by atoms with Gasteiger partial charge in [-0.3, -0.25) is 0 Å². The summed E-state index contributed by atoms with van der Waals surface area (Å²) in [6, 6.07) is 3.21. The second-order valence-electron chi connectivity index (χ2n) is 4.40. The van der Waals surface area contributed by atoms with Crippen LogP contribution in [0.15, 0.2) is 30.6 Å². The predicted molar refractivity (Wildman–Crippen MR) is 69.5 cm³/mol. The Morgan fingerprint density at radius 2 is 2.16 bits per heavy atom. The third-order valence-electron chi connectivity index (χ3n) is 3.13. The van der Waals surface area contributed by atoms with Crippen molar-refractivity contribution in [1.82, 2.24) is 14.9 Å². The van der Waals surface area contributed by atoms with Gasteiger partial charge in [-0.25, -0.2) is 13.8 Å². The van der Waals surface area contributed by atoms with Crippen LogP contribution in [0, 0.1) is 11.6 Å². The van der Waals surface area contributed by atoms with Gasteiger partial charge >= 0.3 is 0 Å². The van der Waals surface area contributed by atoms with Crippen LogP contribution in [-0.4, -0.2) is 9.55 Å². The molecule has 0 saturated carbocycles. The van der Waals surface area contributed by atoms with E-state index < -0.39 is 11.6 Å². The van der Waals surface area contributed by atoms with Crippen LogP contribution in [0.4, 0.5) is 8.78 Å². The second-order valence-corrected chi connectivity index (χ2v) is 4.40. The molecule has 1 aromatic carbocycles. The summed E-state index contributed by atoms with van der Waals surface area (Å²) >= 11 is 0. The summed E-state index contributed by atoms with van der Waals surface area (Å²) in [5.41, 5.74) is 0.328. The molecule has 0 radical (unpaired) electrons. The molecule has 19 heavy (non-hydrogen) atoms. The molecule has 0 fully saturated rings. The highest BCUT2D eigenvalue weighted by Crippen LogP contribution is 2.18. The number of aryl methyl sites for hydroxylation is 1. The zero-order chi connectivity index (χ0) is 13.8. The average molecular weight is 265 g/mol. The fourth-order valence-corrected chi connectivity index (χ4v) is 2.00. The van der Waals surface area contributed by atoms with E-state index in [9.17, 15) is 8.78 Å². The van der Waals surface area contributed by atoms with Crippen molar-refractivity contribution in [3.63, 3.8) is 0 Å². The van der Waals surface area contributed by atoms with Gasteiger partial charge in [-0.05, 0) is 32.0 Å². The molecule has 3 nitrogen and oxygen atoms in total. The van der Waals surface area contributed by atoms with Crippen molar-refractivity contribution < 1.29 is 8.78 Å². The first kappa shape index (κ1) is 13.7. The molecule has 2 aromatic rings. The molecule has 0 amide bonds. The zero-order valence-corrected chi connectivity index (χ0v) is 11.0. The minimum absolute atomic E-state index is 0.280. The SMILES string of the molecule is CCn1ccnc1CNC(C)c1cc(F)ccc1F. The lowest BCUT2D eigenvalue weighted by atomic mass is 10.1. The summed E-state index contributed by atoms with van der Waals surface area (Å²) in [5.74, 6) is 0.0477. The Morgan fingerprint density at radius 3 is 2.89 bits per heavy atom. The predicted octanol–water partition coefficient (Wildman–Crippen LogP) is 3.03. The van der Waals surface area contributed by atoms with Crippen LogP contribution in [0.25, 0.3) is 0 Å². The minimum atomic E-state index is -0.430. The lowest BCUT2D eigenvalue weighted by molar-refractivity contribution is 0.503. The Morgan fingerprint density at radius 1 is 1.37 bits per heavy atom. The van der Waals surface area contributed by atoms with E-state index in [1.54, 1.807) is 13.1 Å². The largest absolute Gasteiger partial charge is 0.334 e. The van der Waals surface area contributed by atoms with Crippen molar-refractivity contribution in [3.05, 3.63) is 53.6 Å². The van der Waals surface area contributed by atoms with Crippen LogP contribution in [0.1, 0.15) is 31.3 Å². The van der Waals surface area contributed by atoms with Crippen molar-refractivity contribution in [2.24, 2.45) is 0 Å². The highest BCUT2D eigenvalue weighted by Gasteiger charge is 2.12. The maximum atomic E-state index is 13.6. The van der Waals surface area contributed by atoms with Crippen LogP contribution in [0.2, 0.25) is 0 Å². The molecule has 1 atom stereocenters. The monoisotopic (exact) mass is 265 g/mol. The molecule has 0 aliphatic carbocycles. The van der Waals surface area contributed by atoms with E-state index >= 15 is 0 Å². The maximum absolute atomic E-state index is 13.6. The molecule has 1 aromatic heterocycles. The molecule has 1 heterocycles. The molecular weight excluding hydrogens is 248 g/mol. The number of benzene rings is 1. The molecule has 0 spiro atoms. The lowest BCUT2D eigenvalue weighted by Gasteiger charge is -2.15. The van der Waals surface area contributed by atoms with Gasteiger partial charge in [-0.15, -0.1) is 0 Å². The Hall–Kier alpha value is -1.75. The van der Waals surface area contributed by atoms with E-state index in [4.69, 9.17) is 0 Å². The fourth-order valence-electron chi connectivity index (χ4n) is 2.00. The van der Waals surface area contributed by atoms with Gasteiger partial charge in [-0.2, -0.15) is 0 Å². The van der Waals surface area contributed by atoms with E-state index in [2.05, 4.69) is 10.3 Å². The Labute approximate surface area is 111 Å². The van der Waals surface area contributed by atoms with Crippen molar-refractivity contribution in [2.45, 2.75) is 33.0 Å². The number of imidazole rings is 1. The van der Waals surface area contributed by atoms with Gasteiger partial charge in [0.05, 0.1) is 6.54 Å². The average Bonchev–Trinajstić information content (AvgIpc) is 2.86. The van der Waals surface area contributed by atoms with Gasteiger partial charge in [0, 0.05) is 30.5 Å². The highest BCUT2D eigenvalue weighted by atomic mass is 19.1. The number of halogens is 2. The van der Waals surface area contributed by atoms with Gasteiger partial charge in [0.15, 0.2) is 0 Å². The van der Waals surface area contributed by atoms with Crippen molar-refractivity contribution in [2.75, 3.05) is 0 Å². The Kier molecular flexibility index (Phi) is 4.27. The molecule has 2 rings (SSSR count). The van der Waals surface area contributed by atoms with E-state index in [0.717, 1.165) is 24.5 Å². The third kappa shape index (κ3) is 3.17. The smallest absolute Gasteiger partial charge is 0.128 e. The summed E-state index contributed by atoms with van der Waals surface area (Å²) in [6.07, 6.45) is 3.62. The number of hydrogen-bond acceptors (Lipinski definition) is 2. The van der Waals surface area contributed by atoms with E-state index in [0.29, 0.717) is 12.1 Å². The number of rotatable bonds is 5. The molecule has 1 unspecified atom stereocenters. The summed E-state index contributed by atoms with van der Waals surface area (Å²) in [5, 5.41) is 3.15. The number of nitrogens with zero attached hydrogens (tertiary/aromatic N) is 2. The van der Waals surface area contributed by atoms with Crippen molar-refractivity contribution >= 4 is 0 Å². The molecule has 0 aliphatic rings. The number of aromatic nitrogens is 2. The van der Waals surface area contributed by atoms with E-state index in [1.165, 1.54) is 6.07 Å². The van der Waals surface area contributed by atoms with Crippen LogP contribution >= 0.6 is 0 Å². The lowest BCUT2D eigenvalue weighted by Crippen LogP contribution is -2.21. The topological polar surface area (TPSA) is 29.9 Å². The molecule has 0 aliphatic heterocycles. The van der Waals surface area contributed by atoms with Crippen LogP contribution in [0.3, 0.4) is 0 Å². The molecule has 0 bridgehead atoms. The summed E-state index contributed by atoms with van der Waals surface area (Å²) in [7, 11) is 0. The molecule has 102 valence electrons. The standard InChI is InChI=1S/C14H17F2N3/c1-3-19-7-6-17-14(19)9-18-10(2)12-8-11(15)4-5-13(12)16/h4-8,10,18H,3,9H2,1-2H3. The van der Waals surface area contributed by atoms with E-state index in [1.807, 2.05) is 17.7 Å². The van der Waals surface area contributed by atoms with Gasteiger partial charge in [-0.1, -0.05) is 0 Å². The first-order valence-corrected chi connectivity index (χ1v) is 6.30. The first-order valence-electron chi connectivity index (χ1n) is 6.30. The van der Waals surface area contributed by atoms with Crippen LogP contribution < -0.4 is 5.32 Å². The van der Waals surface area contributed by atoms with Crippen LogP contribution in [0.5, 0.6) is 0 Å². The normalized spacial score (nSPS) is 12.6. The number of hydrogen-bond donors (Lipinski definition) is 1.